The number of hydrogen-bond acceptors (Lipinski definition) is 3. The summed E-state index contributed by atoms with van der Waals surface area (Å²) in [5.74, 6) is 1.90. The van der Waals surface area contributed by atoms with E-state index in [2.05, 4.69) is 168 Å². The van der Waals surface area contributed by atoms with Crippen LogP contribution in [0.15, 0.2) is 194 Å². The minimum Gasteiger partial charge on any atom is -0.309 e. The van der Waals surface area contributed by atoms with Crippen molar-refractivity contribution in [1.29, 1.82) is 0 Å². The van der Waals surface area contributed by atoms with Crippen LogP contribution in [0.3, 0.4) is 0 Å². The Balaban J connectivity index is 1.10. The summed E-state index contributed by atoms with van der Waals surface area (Å²) < 4.78 is 2.35. The van der Waals surface area contributed by atoms with Gasteiger partial charge in [-0.25, -0.2) is 15.0 Å². The number of fused-ring (bicyclic) bond motifs is 4. The zero-order valence-corrected chi connectivity index (χ0v) is 28.8. The molecule has 0 bridgehead atoms. The molecular weight excluding hydrogens is 645 g/mol. The molecule has 2 heterocycles. The first-order chi connectivity index (χ1) is 26.3. The highest BCUT2D eigenvalue weighted by molar-refractivity contribution is 6.15. The van der Waals surface area contributed by atoms with Gasteiger partial charge in [0.25, 0.3) is 0 Å². The molecule has 2 aromatic heterocycles. The molecule has 8 aromatic carbocycles. The number of rotatable bonds is 6. The van der Waals surface area contributed by atoms with E-state index in [4.69, 9.17) is 15.0 Å². The van der Waals surface area contributed by atoms with Gasteiger partial charge < -0.3 is 4.57 Å². The van der Waals surface area contributed by atoms with Crippen LogP contribution < -0.4 is 0 Å². The Bertz CT molecular complexity index is 2930. The summed E-state index contributed by atoms with van der Waals surface area (Å²) in [6, 6.07) is 68.1. The highest BCUT2D eigenvalue weighted by atomic mass is 15.0. The molecule has 10 rings (SSSR count). The van der Waals surface area contributed by atoms with Crippen molar-refractivity contribution in [3.8, 4) is 62.1 Å². The average molecular weight is 677 g/mol. The van der Waals surface area contributed by atoms with Crippen molar-refractivity contribution in [3.63, 3.8) is 0 Å². The van der Waals surface area contributed by atoms with Crippen molar-refractivity contribution >= 4 is 32.6 Å². The Labute approximate surface area is 307 Å². The predicted molar refractivity (Wildman–Crippen MR) is 219 cm³/mol. The minimum absolute atomic E-state index is 0.625. The monoisotopic (exact) mass is 676 g/mol. The van der Waals surface area contributed by atoms with E-state index < -0.39 is 0 Å². The average Bonchev–Trinajstić information content (AvgIpc) is 3.59. The molecule has 0 N–H and O–H groups in total. The van der Waals surface area contributed by atoms with E-state index >= 15 is 0 Å². The second kappa shape index (κ2) is 12.9. The van der Waals surface area contributed by atoms with Crippen LogP contribution in [-0.2, 0) is 0 Å². The lowest BCUT2D eigenvalue weighted by Crippen LogP contribution is -2.01. The molecule has 0 aliphatic rings. The van der Waals surface area contributed by atoms with E-state index in [1.807, 2.05) is 30.3 Å². The second-order valence-electron chi connectivity index (χ2n) is 13.3. The van der Waals surface area contributed by atoms with Crippen LogP contribution in [0.1, 0.15) is 0 Å². The lowest BCUT2D eigenvalue weighted by Gasteiger charge is -2.12. The first-order valence-electron chi connectivity index (χ1n) is 17.9. The molecule has 0 radical (unpaired) electrons. The molecule has 0 atom stereocenters. The summed E-state index contributed by atoms with van der Waals surface area (Å²) in [7, 11) is 0. The van der Waals surface area contributed by atoms with Gasteiger partial charge in [-0.2, -0.15) is 0 Å². The summed E-state index contributed by atoms with van der Waals surface area (Å²) in [5, 5.41) is 4.91. The zero-order valence-electron chi connectivity index (χ0n) is 28.8. The van der Waals surface area contributed by atoms with Crippen molar-refractivity contribution in [3.05, 3.63) is 194 Å². The predicted octanol–water partition coefficient (Wildman–Crippen LogP) is 12.5. The third-order valence-corrected chi connectivity index (χ3v) is 10.0. The van der Waals surface area contributed by atoms with Crippen LogP contribution in [0.5, 0.6) is 0 Å². The van der Waals surface area contributed by atoms with Gasteiger partial charge in [0.05, 0.1) is 11.0 Å². The van der Waals surface area contributed by atoms with Gasteiger partial charge in [-0.05, 0) is 63.4 Å². The molecule has 0 saturated carbocycles. The van der Waals surface area contributed by atoms with Crippen LogP contribution >= 0.6 is 0 Å². The van der Waals surface area contributed by atoms with Crippen molar-refractivity contribution < 1.29 is 0 Å². The van der Waals surface area contributed by atoms with Crippen molar-refractivity contribution in [1.82, 2.24) is 19.5 Å². The first kappa shape index (κ1) is 30.6. The van der Waals surface area contributed by atoms with Crippen molar-refractivity contribution in [2.24, 2.45) is 0 Å². The van der Waals surface area contributed by atoms with Gasteiger partial charge in [-0.3, -0.25) is 0 Å². The summed E-state index contributed by atoms with van der Waals surface area (Å²) in [6.45, 7) is 0. The number of benzene rings is 8. The summed E-state index contributed by atoms with van der Waals surface area (Å²) in [6.07, 6.45) is 0. The Morgan fingerprint density at radius 2 is 0.868 bits per heavy atom. The second-order valence-corrected chi connectivity index (χ2v) is 13.3. The fourth-order valence-corrected chi connectivity index (χ4v) is 7.47. The van der Waals surface area contributed by atoms with E-state index in [9.17, 15) is 0 Å². The zero-order chi connectivity index (χ0) is 35.1. The van der Waals surface area contributed by atoms with Crippen LogP contribution in [-0.4, -0.2) is 19.5 Å². The third-order valence-electron chi connectivity index (χ3n) is 10.0. The van der Waals surface area contributed by atoms with Crippen LogP contribution in [0, 0.1) is 0 Å². The fraction of sp³-hybridized carbons (Fsp3) is 0. The summed E-state index contributed by atoms with van der Waals surface area (Å²) >= 11 is 0. The van der Waals surface area contributed by atoms with Crippen molar-refractivity contribution in [2.75, 3.05) is 0 Å². The smallest absolute Gasteiger partial charge is 0.164 e. The van der Waals surface area contributed by atoms with Gasteiger partial charge in [0, 0.05) is 33.2 Å². The molecule has 0 spiro atoms. The number of para-hydroxylation sites is 1. The Morgan fingerprint density at radius 3 is 1.64 bits per heavy atom. The largest absolute Gasteiger partial charge is 0.309 e. The quantitative estimate of drug-likeness (QED) is 0.176. The third kappa shape index (κ3) is 5.54. The molecule has 0 aliphatic carbocycles. The fourth-order valence-electron chi connectivity index (χ4n) is 7.47. The van der Waals surface area contributed by atoms with Crippen LogP contribution in [0.25, 0.3) is 94.7 Å². The van der Waals surface area contributed by atoms with Gasteiger partial charge in [0.1, 0.15) is 0 Å². The van der Waals surface area contributed by atoms with E-state index in [0.717, 1.165) is 39.0 Å². The van der Waals surface area contributed by atoms with Gasteiger partial charge in [-0.1, -0.05) is 164 Å². The maximum absolute atomic E-state index is 5.11. The number of hydrogen-bond donors (Lipinski definition) is 0. The van der Waals surface area contributed by atoms with Crippen molar-refractivity contribution in [2.45, 2.75) is 0 Å². The minimum atomic E-state index is 0.625. The molecule has 4 nitrogen and oxygen atoms in total. The first-order valence-corrected chi connectivity index (χ1v) is 17.9. The standard InChI is InChI=1S/C49H32N4/c1-3-14-35(15-4-1)42-22-12-24-45-46(42)43-21-9-10-23-44(43)53(45)41-20-11-19-40(32-41)49-51-47(36-16-5-2-6-17-36)50-48(52-49)37-28-25-34(26-29-37)39-30-27-33-13-7-8-18-38(33)31-39/h1-32H. The molecule has 0 unspecified atom stereocenters. The molecule has 10 aromatic rings. The molecule has 0 fully saturated rings. The van der Waals surface area contributed by atoms with Gasteiger partial charge in [-0.15, -0.1) is 0 Å². The topological polar surface area (TPSA) is 43.6 Å². The molecule has 53 heavy (non-hydrogen) atoms. The highest BCUT2D eigenvalue weighted by Gasteiger charge is 2.18. The molecule has 4 heteroatoms. The Hall–Kier alpha value is -7.17. The Morgan fingerprint density at radius 1 is 0.321 bits per heavy atom. The number of nitrogens with zero attached hydrogens (tertiary/aromatic N) is 4. The normalized spacial score (nSPS) is 11.4. The summed E-state index contributed by atoms with van der Waals surface area (Å²) in [5.41, 5.74) is 10.9. The maximum Gasteiger partial charge on any atom is 0.164 e. The molecule has 248 valence electrons. The lowest BCUT2D eigenvalue weighted by molar-refractivity contribution is 1.07. The number of aromatic nitrogens is 4. The molecule has 0 amide bonds. The van der Waals surface area contributed by atoms with E-state index in [1.165, 1.54) is 38.2 Å². The molecule has 0 saturated heterocycles. The van der Waals surface area contributed by atoms with Gasteiger partial charge in [0.15, 0.2) is 17.5 Å². The van der Waals surface area contributed by atoms with Gasteiger partial charge in [0.2, 0.25) is 0 Å². The Kier molecular flexibility index (Phi) is 7.43. The highest BCUT2D eigenvalue weighted by Crippen LogP contribution is 2.39. The van der Waals surface area contributed by atoms with E-state index in [0.29, 0.717) is 17.5 Å². The SMILES string of the molecule is c1ccc(-c2nc(-c3ccc(-c4ccc5ccccc5c4)cc3)nc(-c3cccc(-n4c5ccccc5c5c(-c6ccccc6)cccc54)c3)n2)cc1. The van der Waals surface area contributed by atoms with E-state index in [-0.39, 0.29) is 0 Å². The lowest BCUT2D eigenvalue weighted by atomic mass is 9.99. The van der Waals surface area contributed by atoms with E-state index in [1.54, 1.807) is 0 Å². The van der Waals surface area contributed by atoms with Crippen LogP contribution in [0.2, 0.25) is 0 Å². The molecular formula is C49H32N4. The van der Waals surface area contributed by atoms with Gasteiger partial charge >= 0.3 is 0 Å². The summed E-state index contributed by atoms with van der Waals surface area (Å²) in [4.78, 5) is 15.2. The maximum atomic E-state index is 5.11. The van der Waals surface area contributed by atoms with Crippen LogP contribution in [0.4, 0.5) is 0 Å². The molecule has 0 aliphatic heterocycles.